The van der Waals surface area contributed by atoms with Crippen molar-refractivity contribution in [2.75, 3.05) is 25.0 Å². The van der Waals surface area contributed by atoms with Crippen LogP contribution in [0.15, 0.2) is 36.9 Å². The number of nitrogens with one attached hydrogen (secondary N) is 1. The Morgan fingerprint density at radius 3 is 2.69 bits per heavy atom. The number of benzene rings is 1. The van der Waals surface area contributed by atoms with Crippen LogP contribution in [0.3, 0.4) is 0 Å². The Kier molecular flexibility index (Phi) is 6.53. The smallest absolute Gasteiger partial charge is 0.396 e. The lowest BCUT2D eigenvalue weighted by Crippen LogP contribution is -2.31. The summed E-state index contributed by atoms with van der Waals surface area (Å²) in [6.07, 6.45) is -1.85. The molecule has 0 spiro atoms. The second kappa shape index (κ2) is 9.64. The number of imidazole rings is 1. The number of amides is 1. The topological polar surface area (TPSA) is 126 Å². The maximum atomic E-state index is 12.8. The van der Waals surface area contributed by atoms with Crippen LogP contribution in [0.5, 0.6) is 0 Å². The first-order valence-electron chi connectivity index (χ1n) is 11.6. The molecular weight excluding hydrogens is 481 g/mol. The Bertz CT molecular complexity index is 1230. The number of fused-ring (bicyclic) bond motifs is 1. The molecule has 1 unspecified atom stereocenters. The van der Waals surface area contributed by atoms with Gasteiger partial charge in [0, 0.05) is 37.7 Å². The zero-order valence-corrected chi connectivity index (χ0v) is 19.1. The molecule has 2 aliphatic rings. The van der Waals surface area contributed by atoms with Gasteiger partial charge in [0.2, 0.25) is 0 Å². The van der Waals surface area contributed by atoms with Crippen LogP contribution in [0, 0.1) is 0 Å². The van der Waals surface area contributed by atoms with Gasteiger partial charge in [0.1, 0.15) is 12.4 Å². The first kappa shape index (κ1) is 24.4. The summed E-state index contributed by atoms with van der Waals surface area (Å²) in [6, 6.07) is 4.05. The third kappa shape index (κ3) is 4.73. The van der Waals surface area contributed by atoms with Gasteiger partial charge in [-0.25, -0.2) is 15.0 Å². The van der Waals surface area contributed by atoms with Crippen molar-refractivity contribution >= 4 is 22.9 Å². The highest BCUT2D eigenvalue weighted by molar-refractivity contribution is 5.94. The minimum Gasteiger partial charge on any atom is -0.396 e. The van der Waals surface area contributed by atoms with E-state index in [0.717, 1.165) is 12.1 Å². The second-order valence-electron chi connectivity index (χ2n) is 8.97. The summed E-state index contributed by atoms with van der Waals surface area (Å²) in [5, 5.41) is 22.9. The number of likely N-dealkylation sites (tertiary alicyclic amines) is 1. The summed E-state index contributed by atoms with van der Waals surface area (Å²) in [7, 11) is 0. The number of alkyl halides is 3. The van der Waals surface area contributed by atoms with E-state index in [2.05, 4.69) is 20.3 Å². The third-order valence-corrected chi connectivity index (χ3v) is 6.52. The lowest BCUT2D eigenvalue weighted by Gasteiger charge is -2.18. The molecule has 2 fully saturated rings. The van der Waals surface area contributed by atoms with Crippen molar-refractivity contribution in [2.45, 2.75) is 49.9 Å². The largest absolute Gasteiger partial charge is 0.416 e. The highest BCUT2D eigenvalue weighted by Crippen LogP contribution is 2.33. The first-order chi connectivity index (χ1) is 17.2. The molecule has 0 aliphatic carbocycles. The van der Waals surface area contributed by atoms with E-state index in [0.29, 0.717) is 49.3 Å². The summed E-state index contributed by atoms with van der Waals surface area (Å²) in [4.78, 5) is 27.4. The number of hydrogen-bond donors (Lipinski definition) is 3. The average Bonchev–Trinajstić information content (AvgIpc) is 3.57. The predicted octanol–water partition coefficient (Wildman–Crippen LogP) is 2.20. The number of aliphatic hydroxyl groups is 2. The van der Waals surface area contributed by atoms with E-state index in [-0.39, 0.29) is 30.2 Å². The van der Waals surface area contributed by atoms with Gasteiger partial charge in [-0.3, -0.25) is 9.36 Å². The van der Waals surface area contributed by atoms with E-state index in [1.165, 1.54) is 24.8 Å². The summed E-state index contributed by atoms with van der Waals surface area (Å²) in [5.41, 5.74) is 0.344. The molecule has 5 rings (SSSR count). The number of nitrogens with zero attached hydrogens (tertiary/aromatic N) is 5. The van der Waals surface area contributed by atoms with Crippen LogP contribution in [0.1, 0.15) is 41.4 Å². The number of ether oxygens (including phenoxy) is 1. The highest BCUT2D eigenvalue weighted by Gasteiger charge is 2.36. The van der Waals surface area contributed by atoms with Crippen molar-refractivity contribution in [2.24, 2.45) is 0 Å². The van der Waals surface area contributed by atoms with E-state index in [1.807, 2.05) is 0 Å². The number of anilines is 1. The molecule has 2 saturated heterocycles. The van der Waals surface area contributed by atoms with Gasteiger partial charge < -0.3 is 25.2 Å². The Labute approximate surface area is 203 Å². The number of carbonyl (C=O) groups excluding carboxylic acids is 1. The monoisotopic (exact) mass is 506 g/mol. The fraction of sp³-hybridized carbons (Fsp3) is 0.478. The molecule has 3 aromatic rings. The minimum absolute atomic E-state index is 0.0369. The van der Waals surface area contributed by atoms with Crippen molar-refractivity contribution in [1.82, 2.24) is 24.4 Å². The van der Waals surface area contributed by atoms with Crippen LogP contribution in [0.4, 0.5) is 19.0 Å². The molecule has 10 nitrogen and oxygen atoms in total. The van der Waals surface area contributed by atoms with Crippen molar-refractivity contribution in [3.63, 3.8) is 0 Å². The summed E-state index contributed by atoms with van der Waals surface area (Å²) >= 11 is 0. The Hall–Kier alpha value is -3.29. The molecule has 0 bridgehead atoms. The zero-order chi connectivity index (χ0) is 25.4. The van der Waals surface area contributed by atoms with Crippen LogP contribution in [-0.2, 0) is 10.9 Å². The van der Waals surface area contributed by atoms with Gasteiger partial charge in [-0.05, 0) is 37.1 Å². The van der Waals surface area contributed by atoms with Gasteiger partial charge in [-0.1, -0.05) is 0 Å². The normalized spacial score (nSPS) is 24.5. The van der Waals surface area contributed by atoms with Gasteiger partial charge in [-0.2, -0.15) is 13.2 Å². The maximum absolute atomic E-state index is 12.8. The molecule has 0 saturated carbocycles. The maximum Gasteiger partial charge on any atom is 0.416 e. The summed E-state index contributed by atoms with van der Waals surface area (Å²) in [5.74, 6) is 0.127. The zero-order valence-electron chi connectivity index (χ0n) is 19.1. The number of aromatic nitrogens is 4. The van der Waals surface area contributed by atoms with Crippen molar-refractivity contribution in [3.05, 3.63) is 48.0 Å². The van der Waals surface area contributed by atoms with Gasteiger partial charge in [0.25, 0.3) is 5.91 Å². The Morgan fingerprint density at radius 1 is 1.19 bits per heavy atom. The standard InChI is InChI=1S/C23H25F3N6O4/c24-23(25,26)14-3-1-13(2-4-14)21(35)31-7-5-15(10-31)30-19-18-20(28-11-27-19)32(12-29-18)22-17(34)9-16(36-22)6-8-33/h1-4,11-12,15-17,22,33-34H,5-10H2,(H,27,28,30)/t15?,16-,17+,22+/m0/s1. The molecule has 36 heavy (non-hydrogen) atoms. The highest BCUT2D eigenvalue weighted by atomic mass is 19.4. The van der Waals surface area contributed by atoms with Crippen LogP contribution >= 0.6 is 0 Å². The second-order valence-corrected chi connectivity index (χ2v) is 8.97. The Balaban J connectivity index is 1.27. The Morgan fingerprint density at radius 2 is 1.97 bits per heavy atom. The lowest BCUT2D eigenvalue weighted by atomic mass is 10.1. The predicted molar refractivity (Wildman–Crippen MR) is 121 cm³/mol. The van der Waals surface area contributed by atoms with Gasteiger partial charge >= 0.3 is 6.18 Å². The number of aliphatic hydroxyl groups excluding tert-OH is 2. The number of carbonyl (C=O) groups is 1. The SMILES string of the molecule is O=C(c1ccc(C(F)(F)F)cc1)N1CCC(Nc2ncnc3c2ncn3[C@@H]2O[C@@H](CCO)C[C@H]2O)C1. The summed E-state index contributed by atoms with van der Waals surface area (Å²) < 4.78 is 45.9. The lowest BCUT2D eigenvalue weighted by molar-refractivity contribution is -0.137. The van der Waals surface area contributed by atoms with Gasteiger partial charge in [-0.15, -0.1) is 0 Å². The average molecular weight is 506 g/mol. The number of halogens is 3. The number of rotatable bonds is 6. The van der Waals surface area contributed by atoms with E-state index < -0.39 is 24.1 Å². The molecule has 192 valence electrons. The molecule has 1 amide bonds. The van der Waals surface area contributed by atoms with Crippen LogP contribution < -0.4 is 5.32 Å². The minimum atomic E-state index is -4.46. The quantitative estimate of drug-likeness (QED) is 0.465. The summed E-state index contributed by atoms with van der Waals surface area (Å²) in [6.45, 7) is 0.749. The van der Waals surface area contributed by atoms with Crippen molar-refractivity contribution < 1.29 is 32.9 Å². The fourth-order valence-corrected chi connectivity index (χ4v) is 4.69. The van der Waals surface area contributed by atoms with E-state index in [1.54, 1.807) is 9.47 Å². The molecule has 2 aliphatic heterocycles. The van der Waals surface area contributed by atoms with E-state index in [9.17, 15) is 23.1 Å². The van der Waals surface area contributed by atoms with Crippen molar-refractivity contribution in [1.29, 1.82) is 0 Å². The molecule has 13 heteroatoms. The molecule has 2 aromatic heterocycles. The third-order valence-electron chi connectivity index (χ3n) is 6.52. The number of hydrogen-bond acceptors (Lipinski definition) is 8. The van der Waals surface area contributed by atoms with Gasteiger partial charge in [0.15, 0.2) is 23.2 Å². The fourth-order valence-electron chi connectivity index (χ4n) is 4.69. The molecule has 0 radical (unpaired) electrons. The molecule has 4 heterocycles. The molecule has 1 aromatic carbocycles. The molecule has 4 atom stereocenters. The van der Waals surface area contributed by atoms with E-state index in [4.69, 9.17) is 9.84 Å². The first-order valence-corrected chi connectivity index (χ1v) is 11.6. The molecular formula is C23H25F3N6O4. The van der Waals surface area contributed by atoms with Crippen molar-refractivity contribution in [3.8, 4) is 0 Å². The van der Waals surface area contributed by atoms with Gasteiger partial charge in [0.05, 0.1) is 18.0 Å². The van der Waals surface area contributed by atoms with Crippen LogP contribution in [0.2, 0.25) is 0 Å². The van der Waals surface area contributed by atoms with Crippen LogP contribution in [-0.4, -0.2) is 78.5 Å². The van der Waals surface area contributed by atoms with Crippen LogP contribution in [0.25, 0.3) is 11.2 Å². The van der Waals surface area contributed by atoms with E-state index >= 15 is 0 Å². The molecule has 3 N–H and O–H groups in total.